The molecule has 1 atom stereocenters. The standard InChI is InChI=1S/C13H18N2O2.ClH/c1-16-11-4-9-6-14-7-12(9)13(5-11)15-10-2-3-17-8-10;/h4-5,10,14-15H,2-3,6-8H2,1H3;1H/t10-;/m1./s1. The molecular weight excluding hydrogens is 252 g/mol. The van der Waals surface area contributed by atoms with Gasteiger partial charge in [-0.15, -0.1) is 12.4 Å². The Hall–Kier alpha value is -0.970. The molecule has 1 aromatic rings. The predicted molar refractivity (Wildman–Crippen MR) is 73.6 cm³/mol. The minimum absolute atomic E-state index is 0. The van der Waals surface area contributed by atoms with E-state index in [-0.39, 0.29) is 12.4 Å². The van der Waals surface area contributed by atoms with Gasteiger partial charge in [-0.2, -0.15) is 0 Å². The Balaban J connectivity index is 0.00000120. The lowest BCUT2D eigenvalue weighted by Gasteiger charge is -2.16. The number of benzene rings is 1. The highest BCUT2D eigenvalue weighted by Gasteiger charge is 2.20. The molecule has 0 amide bonds. The van der Waals surface area contributed by atoms with Gasteiger partial charge in [0, 0.05) is 31.5 Å². The molecular formula is C13H19ClN2O2. The van der Waals surface area contributed by atoms with Crippen LogP contribution in [0.25, 0.3) is 0 Å². The van der Waals surface area contributed by atoms with E-state index < -0.39 is 0 Å². The van der Waals surface area contributed by atoms with Crippen LogP contribution in [0.15, 0.2) is 12.1 Å². The first-order valence-corrected chi connectivity index (χ1v) is 6.11. The van der Waals surface area contributed by atoms with Crippen molar-refractivity contribution in [2.75, 3.05) is 25.6 Å². The summed E-state index contributed by atoms with van der Waals surface area (Å²) in [7, 11) is 1.71. The third kappa shape index (κ3) is 2.55. The molecule has 0 aliphatic carbocycles. The van der Waals surface area contributed by atoms with Gasteiger partial charge in [0.2, 0.25) is 0 Å². The molecule has 0 spiro atoms. The third-order valence-electron chi connectivity index (χ3n) is 3.46. The van der Waals surface area contributed by atoms with Gasteiger partial charge in [0.1, 0.15) is 5.75 Å². The summed E-state index contributed by atoms with van der Waals surface area (Å²) in [4.78, 5) is 0. The van der Waals surface area contributed by atoms with Gasteiger partial charge in [0.15, 0.2) is 0 Å². The Bertz CT molecular complexity index is 420. The molecule has 5 heteroatoms. The van der Waals surface area contributed by atoms with E-state index in [9.17, 15) is 0 Å². The first-order valence-electron chi connectivity index (χ1n) is 6.11. The average molecular weight is 271 g/mol. The molecule has 0 aromatic heterocycles. The van der Waals surface area contributed by atoms with Crippen LogP contribution in [-0.4, -0.2) is 26.4 Å². The summed E-state index contributed by atoms with van der Waals surface area (Å²) in [5.74, 6) is 0.925. The highest BCUT2D eigenvalue weighted by molar-refractivity contribution is 5.85. The second kappa shape index (κ2) is 5.78. The molecule has 3 rings (SSSR count). The van der Waals surface area contributed by atoms with Crippen molar-refractivity contribution < 1.29 is 9.47 Å². The Morgan fingerprint density at radius 3 is 3.00 bits per heavy atom. The molecule has 4 nitrogen and oxygen atoms in total. The number of fused-ring (bicyclic) bond motifs is 1. The quantitative estimate of drug-likeness (QED) is 0.881. The molecule has 1 aromatic carbocycles. The highest BCUT2D eigenvalue weighted by Crippen LogP contribution is 2.31. The summed E-state index contributed by atoms with van der Waals surface area (Å²) in [6.45, 7) is 3.54. The lowest BCUT2D eigenvalue weighted by molar-refractivity contribution is 0.195. The summed E-state index contributed by atoms with van der Waals surface area (Å²) in [5, 5.41) is 6.95. The summed E-state index contributed by atoms with van der Waals surface area (Å²) in [6, 6.07) is 4.64. The fourth-order valence-corrected chi connectivity index (χ4v) is 2.51. The van der Waals surface area contributed by atoms with Gasteiger partial charge in [-0.1, -0.05) is 0 Å². The van der Waals surface area contributed by atoms with Gasteiger partial charge in [0.25, 0.3) is 0 Å². The van der Waals surface area contributed by atoms with Crippen molar-refractivity contribution in [3.05, 3.63) is 23.3 Å². The number of nitrogens with one attached hydrogen (secondary N) is 2. The number of hydrogen-bond acceptors (Lipinski definition) is 4. The molecule has 1 fully saturated rings. The van der Waals surface area contributed by atoms with Crippen LogP contribution in [0.4, 0.5) is 5.69 Å². The minimum atomic E-state index is 0. The van der Waals surface area contributed by atoms with Crippen molar-refractivity contribution in [2.24, 2.45) is 0 Å². The monoisotopic (exact) mass is 270 g/mol. The van der Waals surface area contributed by atoms with Gasteiger partial charge in [-0.25, -0.2) is 0 Å². The molecule has 18 heavy (non-hydrogen) atoms. The van der Waals surface area contributed by atoms with Gasteiger partial charge in [-0.3, -0.25) is 0 Å². The molecule has 1 saturated heterocycles. The van der Waals surface area contributed by atoms with Crippen LogP contribution in [0.5, 0.6) is 5.75 Å². The van der Waals surface area contributed by atoms with Crippen molar-refractivity contribution in [1.82, 2.24) is 5.32 Å². The number of methoxy groups -OCH3 is 1. The van der Waals surface area contributed by atoms with E-state index in [1.165, 1.54) is 16.8 Å². The lowest BCUT2D eigenvalue weighted by Crippen LogP contribution is -2.20. The maximum absolute atomic E-state index is 5.40. The number of hydrogen-bond donors (Lipinski definition) is 2. The maximum atomic E-state index is 5.40. The normalized spacial score (nSPS) is 21.3. The van der Waals surface area contributed by atoms with E-state index in [1.54, 1.807) is 7.11 Å². The van der Waals surface area contributed by atoms with E-state index in [4.69, 9.17) is 9.47 Å². The number of ether oxygens (including phenoxy) is 2. The molecule has 2 aliphatic rings. The molecule has 2 N–H and O–H groups in total. The summed E-state index contributed by atoms with van der Waals surface area (Å²) >= 11 is 0. The molecule has 0 bridgehead atoms. The summed E-state index contributed by atoms with van der Waals surface area (Å²) in [6.07, 6.45) is 1.08. The lowest BCUT2D eigenvalue weighted by atomic mass is 10.1. The van der Waals surface area contributed by atoms with Crippen LogP contribution >= 0.6 is 12.4 Å². The van der Waals surface area contributed by atoms with Crippen molar-refractivity contribution in [1.29, 1.82) is 0 Å². The largest absolute Gasteiger partial charge is 0.497 e. The zero-order valence-corrected chi connectivity index (χ0v) is 11.3. The van der Waals surface area contributed by atoms with E-state index in [2.05, 4.69) is 22.8 Å². The molecule has 0 saturated carbocycles. The maximum Gasteiger partial charge on any atom is 0.121 e. The second-order valence-corrected chi connectivity index (χ2v) is 4.62. The molecule has 2 heterocycles. The molecule has 2 aliphatic heterocycles. The van der Waals surface area contributed by atoms with Crippen molar-refractivity contribution >= 4 is 18.1 Å². The van der Waals surface area contributed by atoms with E-state index in [1.807, 2.05) is 0 Å². The van der Waals surface area contributed by atoms with Crippen LogP contribution in [0.3, 0.4) is 0 Å². The smallest absolute Gasteiger partial charge is 0.121 e. The first-order chi connectivity index (χ1) is 8.36. The Kier molecular flexibility index (Phi) is 4.32. The Labute approximate surface area is 113 Å². The van der Waals surface area contributed by atoms with Crippen LogP contribution in [0.2, 0.25) is 0 Å². The Morgan fingerprint density at radius 2 is 2.28 bits per heavy atom. The first kappa shape index (κ1) is 13.5. The van der Waals surface area contributed by atoms with Crippen molar-refractivity contribution in [2.45, 2.75) is 25.6 Å². The fourth-order valence-electron chi connectivity index (χ4n) is 2.51. The number of anilines is 1. The fraction of sp³-hybridized carbons (Fsp3) is 0.538. The van der Waals surface area contributed by atoms with Crippen molar-refractivity contribution in [3.63, 3.8) is 0 Å². The van der Waals surface area contributed by atoms with Gasteiger partial charge < -0.3 is 20.1 Å². The predicted octanol–water partition coefficient (Wildman–Crippen LogP) is 1.92. The number of halogens is 1. The topological polar surface area (TPSA) is 42.5 Å². The summed E-state index contributed by atoms with van der Waals surface area (Å²) < 4.78 is 10.7. The van der Waals surface area contributed by atoms with Crippen LogP contribution in [-0.2, 0) is 17.8 Å². The van der Waals surface area contributed by atoms with Crippen LogP contribution in [0.1, 0.15) is 17.5 Å². The third-order valence-corrected chi connectivity index (χ3v) is 3.46. The average Bonchev–Trinajstić information content (AvgIpc) is 2.98. The second-order valence-electron chi connectivity index (χ2n) is 4.62. The SMILES string of the molecule is COc1cc2c(c(N[C@@H]3CCOC3)c1)CNC2.Cl. The zero-order valence-electron chi connectivity index (χ0n) is 10.5. The van der Waals surface area contributed by atoms with Gasteiger partial charge in [0.05, 0.1) is 19.8 Å². The van der Waals surface area contributed by atoms with Crippen LogP contribution in [0, 0.1) is 0 Å². The van der Waals surface area contributed by atoms with Crippen LogP contribution < -0.4 is 15.4 Å². The summed E-state index contributed by atoms with van der Waals surface area (Å²) in [5.41, 5.74) is 3.91. The number of rotatable bonds is 3. The van der Waals surface area contributed by atoms with E-state index >= 15 is 0 Å². The minimum Gasteiger partial charge on any atom is -0.497 e. The molecule has 0 unspecified atom stereocenters. The van der Waals surface area contributed by atoms with Gasteiger partial charge in [-0.05, 0) is 23.6 Å². The molecule has 0 radical (unpaired) electrons. The van der Waals surface area contributed by atoms with Gasteiger partial charge >= 0.3 is 0 Å². The van der Waals surface area contributed by atoms with E-state index in [0.717, 1.165) is 38.5 Å². The van der Waals surface area contributed by atoms with Crippen molar-refractivity contribution in [3.8, 4) is 5.75 Å². The Morgan fingerprint density at radius 1 is 1.39 bits per heavy atom. The highest BCUT2D eigenvalue weighted by atomic mass is 35.5. The van der Waals surface area contributed by atoms with E-state index in [0.29, 0.717) is 6.04 Å². The molecule has 100 valence electrons. The zero-order chi connectivity index (χ0) is 11.7.